The van der Waals surface area contributed by atoms with Crippen molar-refractivity contribution in [3.05, 3.63) is 23.3 Å². The van der Waals surface area contributed by atoms with Crippen molar-refractivity contribution in [1.29, 1.82) is 0 Å². The monoisotopic (exact) mass is 443 g/mol. The number of fused-ring (bicyclic) bond motifs is 2. The highest BCUT2D eigenvalue weighted by atomic mass is 16.6. The molecule has 2 atom stereocenters. The van der Waals surface area contributed by atoms with Crippen molar-refractivity contribution >= 4 is 17.6 Å². The summed E-state index contributed by atoms with van der Waals surface area (Å²) < 4.78 is 16.9. The van der Waals surface area contributed by atoms with Crippen LogP contribution in [-0.2, 0) is 31.9 Å². The normalized spacial score (nSPS) is 23.4. The number of amides is 1. The summed E-state index contributed by atoms with van der Waals surface area (Å²) in [6.45, 7) is 8.07. The van der Waals surface area contributed by atoms with Crippen LogP contribution >= 0.6 is 0 Å². The van der Waals surface area contributed by atoms with E-state index < -0.39 is 5.60 Å². The second-order valence-corrected chi connectivity index (χ2v) is 10.4. The number of ether oxygens (including phenoxy) is 3. The number of hydrogen-bond donors (Lipinski definition) is 0. The molecule has 32 heavy (non-hydrogen) atoms. The molecule has 1 fully saturated rings. The first-order valence-corrected chi connectivity index (χ1v) is 12.2. The van der Waals surface area contributed by atoms with E-state index in [0.717, 1.165) is 56.4 Å². The topological polar surface area (TPSA) is 65.1 Å². The van der Waals surface area contributed by atoms with Gasteiger partial charge in [-0.05, 0) is 88.5 Å². The predicted molar refractivity (Wildman–Crippen MR) is 123 cm³/mol. The number of esters is 1. The number of aryl methyl sites for hydroxylation is 2. The number of benzene rings is 1. The summed E-state index contributed by atoms with van der Waals surface area (Å²) in [5.74, 6) is 1.38. The number of rotatable bonds is 4. The molecule has 0 aromatic heterocycles. The summed E-state index contributed by atoms with van der Waals surface area (Å²) in [6.07, 6.45) is 7.44. The molecule has 1 saturated heterocycles. The molecule has 0 N–H and O–H groups in total. The van der Waals surface area contributed by atoms with Crippen LogP contribution in [0, 0.1) is 11.8 Å². The molecule has 0 spiro atoms. The van der Waals surface area contributed by atoms with Crippen LogP contribution in [0.4, 0.5) is 5.69 Å². The van der Waals surface area contributed by atoms with E-state index in [1.807, 2.05) is 25.7 Å². The van der Waals surface area contributed by atoms with Crippen LogP contribution < -0.4 is 9.64 Å². The summed E-state index contributed by atoms with van der Waals surface area (Å²) in [4.78, 5) is 27.2. The van der Waals surface area contributed by atoms with E-state index in [0.29, 0.717) is 38.7 Å². The van der Waals surface area contributed by atoms with Gasteiger partial charge in [-0.2, -0.15) is 0 Å². The fourth-order valence-corrected chi connectivity index (χ4v) is 5.08. The van der Waals surface area contributed by atoms with Gasteiger partial charge in [0, 0.05) is 13.0 Å². The molecule has 1 amide bonds. The molecule has 4 rings (SSSR count). The van der Waals surface area contributed by atoms with Crippen molar-refractivity contribution in [3.8, 4) is 5.75 Å². The smallest absolute Gasteiger partial charge is 0.306 e. The third kappa shape index (κ3) is 5.64. The van der Waals surface area contributed by atoms with Crippen molar-refractivity contribution in [3.63, 3.8) is 0 Å². The first kappa shape index (κ1) is 23.1. The van der Waals surface area contributed by atoms with Crippen LogP contribution in [0.2, 0.25) is 0 Å². The SMILES string of the molecule is CC(C)(C)OC(=O)CCC1CCCc2cc3c(cc2CC1)N(C(=O)C1CCOC1)CCO3. The van der Waals surface area contributed by atoms with Crippen molar-refractivity contribution in [2.45, 2.75) is 77.7 Å². The fourth-order valence-electron chi connectivity index (χ4n) is 5.08. The minimum Gasteiger partial charge on any atom is -0.490 e. The maximum Gasteiger partial charge on any atom is 0.306 e. The zero-order valence-electron chi connectivity index (χ0n) is 19.8. The van der Waals surface area contributed by atoms with Crippen molar-refractivity contribution < 1.29 is 23.8 Å². The van der Waals surface area contributed by atoms with Gasteiger partial charge < -0.3 is 19.1 Å². The molecule has 0 radical (unpaired) electrons. The first-order chi connectivity index (χ1) is 15.3. The Morgan fingerprint density at radius 1 is 1.09 bits per heavy atom. The van der Waals surface area contributed by atoms with Gasteiger partial charge in [-0.25, -0.2) is 0 Å². The van der Waals surface area contributed by atoms with Gasteiger partial charge in [-0.3, -0.25) is 9.59 Å². The van der Waals surface area contributed by atoms with Gasteiger partial charge in [0.2, 0.25) is 5.91 Å². The molecule has 0 bridgehead atoms. The highest BCUT2D eigenvalue weighted by molar-refractivity contribution is 5.97. The van der Waals surface area contributed by atoms with E-state index in [9.17, 15) is 9.59 Å². The summed E-state index contributed by atoms with van der Waals surface area (Å²) in [5, 5.41) is 0. The Balaban J connectivity index is 1.43. The van der Waals surface area contributed by atoms with E-state index >= 15 is 0 Å². The van der Waals surface area contributed by atoms with Crippen LogP contribution in [0.1, 0.15) is 70.4 Å². The lowest BCUT2D eigenvalue weighted by Gasteiger charge is -2.33. The first-order valence-electron chi connectivity index (χ1n) is 12.2. The Morgan fingerprint density at radius 3 is 2.66 bits per heavy atom. The molecule has 176 valence electrons. The third-order valence-corrected chi connectivity index (χ3v) is 6.75. The Hall–Kier alpha value is -2.08. The molecule has 2 heterocycles. The molecule has 1 aromatic rings. The molecular formula is C26H37NO5. The molecule has 6 nitrogen and oxygen atoms in total. The Bertz CT molecular complexity index is 837. The maximum atomic E-state index is 13.1. The van der Waals surface area contributed by atoms with Gasteiger partial charge in [0.05, 0.1) is 24.8 Å². The molecular weight excluding hydrogens is 406 g/mol. The van der Waals surface area contributed by atoms with Gasteiger partial charge in [-0.1, -0.05) is 6.42 Å². The van der Waals surface area contributed by atoms with Gasteiger partial charge >= 0.3 is 5.97 Å². The van der Waals surface area contributed by atoms with Gasteiger partial charge in [0.15, 0.2) is 0 Å². The van der Waals surface area contributed by atoms with Gasteiger partial charge in [0.25, 0.3) is 0 Å². The average molecular weight is 444 g/mol. The zero-order chi connectivity index (χ0) is 22.7. The highest BCUT2D eigenvalue weighted by Gasteiger charge is 2.32. The lowest BCUT2D eigenvalue weighted by atomic mass is 9.84. The molecule has 2 unspecified atom stereocenters. The lowest BCUT2D eigenvalue weighted by molar-refractivity contribution is -0.155. The van der Waals surface area contributed by atoms with E-state index in [4.69, 9.17) is 14.2 Å². The number of anilines is 1. The second-order valence-electron chi connectivity index (χ2n) is 10.4. The summed E-state index contributed by atoms with van der Waals surface area (Å²) in [7, 11) is 0. The Labute approximate surface area is 191 Å². The van der Waals surface area contributed by atoms with Crippen LogP contribution in [0.25, 0.3) is 0 Å². The molecule has 1 aromatic carbocycles. The summed E-state index contributed by atoms with van der Waals surface area (Å²) >= 11 is 0. The minimum atomic E-state index is -0.425. The maximum absolute atomic E-state index is 13.1. The molecule has 3 aliphatic rings. The fraction of sp³-hybridized carbons (Fsp3) is 0.692. The molecule has 0 saturated carbocycles. The number of carbonyl (C=O) groups is 2. The Kier molecular flexibility index (Phi) is 7.08. The van der Waals surface area contributed by atoms with E-state index in [1.54, 1.807) is 0 Å². The van der Waals surface area contributed by atoms with Gasteiger partial charge in [0.1, 0.15) is 18.0 Å². The van der Waals surface area contributed by atoms with Gasteiger partial charge in [-0.15, -0.1) is 0 Å². The number of nitrogens with zero attached hydrogens (tertiary/aromatic N) is 1. The molecule has 1 aliphatic carbocycles. The third-order valence-electron chi connectivity index (χ3n) is 6.75. The van der Waals surface area contributed by atoms with Crippen LogP contribution in [0.3, 0.4) is 0 Å². The predicted octanol–water partition coefficient (Wildman–Crippen LogP) is 4.46. The van der Waals surface area contributed by atoms with Crippen LogP contribution in [0.5, 0.6) is 5.75 Å². The number of hydrogen-bond acceptors (Lipinski definition) is 5. The molecule has 6 heteroatoms. The van der Waals surface area contributed by atoms with E-state index in [2.05, 4.69) is 12.1 Å². The lowest BCUT2D eigenvalue weighted by Crippen LogP contribution is -2.42. The highest BCUT2D eigenvalue weighted by Crippen LogP contribution is 2.38. The summed E-state index contributed by atoms with van der Waals surface area (Å²) in [5.41, 5.74) is 3.15. The average Bonchev–Trinajstić information content (AvgIpc) is 3.26. The molecule has 2 aliphatic heterocycles. The largest absolute Gasteiger partial charge is 0.490 e. The van der Waals surface area contributed by atoms with E-state index in [1.165, 1.54) is 11.1 Å². The zero-order valence-corrected chi connectivity index (χ0v) is 19.8. The van der Waals surface area contributed by atoms with E-state index in [-0.39, 0.29) is 17.8 Å². The quantitative estimate of drug-likeness (QED) is 0.643. The summed E-state index contributed by atoms with van der Waals surface area (Å²) in [6, 6.07) is 4.35. The number of carbonyl (C=O) groups excluding carboxylic acids is 2. The standard InChI is InChI=1S/C26H37NO5/c1-26(2,3)32-24(28)10-8-18-5-4-6-19-16-23-22(15-20(19)9-7-18)27(12-14-31-23)25(29)21-11-13-30-17-21/h15-16,18,21H,4-14,17H2,1-3H3. The van der Waals surface area contributed by atoms with Crippen molar-refractivity contribution in [2.75, 3.05) is 31.3 Å². The minimum absolute atomic E-state index is 0.0415. The van der Waals surface area contributed by atoms with Crippen LogP contribution in [0.15, 0.2) is 12.1 Å². The Morgan fingerprint density at radius 2 is 1.91 bits per heavy atom. The second kappa shape index (κ2) is 9.82. The van der Waals surface area contributed by atoms with Crippen molar-refractivity contribution in [1.82, 2.24) is 0 Å². The van der Waals surface area contributed by atoms with Crippen LogP contribution in [-0.4, -0.2) is 43.8 Å². The van der Waals surface area contributed by atoms with Crippen molar-refractivity contribution in [2.24, 2.45) is 11.8 Å².